The second kappa shape index (κ2) is 6.61. The van der Waals surface area contributed by atoms with Crippen LogP contribution in [0.15, 0.2) is 76.1 Å². The van der Waals surface area contributed by atoms with Gasteiger partial charge in [-0.15, -0.1) is 11.3 Å². The number of aliphatic hydroxyl groups is 1. The molecule has 1 amide bonds. The Morgan fingerprint density at radius 3 is 2.77 bits per heavy atom. The molecule has 1 aliphatic rings. The van der Waals surface area contributed by atoms with Crippen LogP contribution in [0.4, 0.5) is 0 Å². The van der Waals surface area contributed by atoms with Crippen LogP contribution in [0.2, 0.25) is 0 Å². The van der Waals surface area contributed by atoms with E-state index in [1.807, 2.05) is 17.5 Å². The Bertz CT molecular complexity index is 962. The van der Waals surface area contributed by atoms with Crippen molar-refractivity contribution < 1.29 is 19.1 Å². The number of pyridine rings is 1. The summed E-state index contributed by atoms with van der Waals surface area (Å²) >= 11 is 1.50. The molecule has 0 aliphatic carbocycles. The molecule has 3 aromatic rings. The van der Waals surface area contributed by atoms with Crippen molar-refractivity contribution in [2.24, 2.45) is 0 Å². The highest BCUT2D eigenvalue weighted by Gasteiger charge is 2.45. The monoisotopic (exact) mass is 366 g/mol. The summed E-state index contributed by atoms with van der Waals surface area (Å²) in [6.07, 6.45) is 2.97. The van der Waals surface area contributed by atoms with E-state index in [2.05, 4.69) is 4.98 Å². The van der Waals surface area contributed by atoms with Gasteiger partial charge in [-0.2, -0.15) is 0 Å². The molecule has 0 radical (unpaired) electrons. The lowest BCUT2D eigenvalue weighted by molar-refractivity contribution is -0.130. The minimum atomic E-state index is -0.775. The highest BCUT2D eigenvalue weighted by molar-refractivity contribution is 7.09. The predicted octanol–water partition coefficient (Wildman–Crippen LogP) is 3.51. The Morgan fingerprint density at radius 1 is 1.23 bits per heavy atom. The molecule has 4 rings (SSSR count). The quantitative estimate of drug-likeness (QED) is 0.699. The smallest absolute Gasteiger partial charge is 0.290 e. The molecule has 0 spiro atoms. The largest absolute Gasteiger partial charge is 0.503 e. The molecule has 1 N–H and O–H groups in total. The normalized spacial score (nSPS) is 17.2. The Labute approximate surface area is 153 Å². The van der Waals surface area contributed by atoms with Crippen LogP contribution in [-0.4, -0.2) is 26.7 Å². The van der Waals surface area contributed by atoms with Crippen LogP contribution in [0.3, 0.4) is 0 Å². The number of ketones is 1. The minimum Gasteiger partial charge on any atom is -0.503 e. The maximum atomic E-state index is 12.9. The summed E-state index contributed by atoms with van der Waals surface area (Å²) in [5.41, 5.74) is 0.497. The number of aromatic nitrogens is 1. The second-order valence-corrected chi connectivity index (χ2v) is 6.77. The van der Waals surface area contributed by atoms with Gasteiger partial charge in [0.25, 0.3) is 5.91 Å². The van der Waals surface area contributed by atoms with Crippen LogP contribution in [0, 0.1) is 0 Å². The van der Waals surface area contributed by atoms with Crippen molar-refractivity contribution in [1.29, 1.82) is 0 Å². The van der Waals surface area contributed by atoms with Crippen molar-refractivity contribution in [2.75, 3.05) is 0 Å². The van der Waals surface area contributed by atoms with Crippen LogP contribution in [0.1, 0.15) is 27.2 Å². The van der Waals surface area contributed by atoms with Gasteiger partial charge in [0.2, 0.25) is 5.78 Å². The number of amides is 1. The third kappa shape index (κ3) is 2.72. The van der Waals surface area contributed by atoms with Gasteiger partial charge in [-0.05, 0) is 35.7 Å². The number of carbonyl (C=O) groups excluding carboxylic acids is 2. The van der Waals surface area contributed by atoms with E-state index in [-0.39, 0.29) is 17.9 Å². The van der Waals surface area contributed by atoms with E-state index in [0.29, 0.717) is 5.69 Å². The van der Waals surface area contributed by atoms with E-state index >= 15 is 0 Å². The molecular formula is C19H14N2O4S. The van der Waals surface area contributed by atoms with Crippen LogP contribution in [0.5, 0.6) is 0 Å². The summed E-state index contributed by atoms with van der Waals surface area (Å²) in [6.45, 7) is 0.275. The zero-order valence-electron chi connectivity index (χ0n) is 13.5. The first kappa shape index (κ1) is 16.3. The number of carbonyl (C=O) groups is 2. The number of nitrogens with zero attached hydrogens (tertiary/aromatic N) is 2. The summed E-state index contributed by atoms with van der Waals surface area (Å²) in [4.78, 5) is 32.3. The van der Waals surface area contributed by atoms with Gasteiger partial charge in [0.1, 0.15) is 6.04 Å². The molecule has 7 heteroatoms. The van der Waals surface area contributed by atoms with Gasteiger partial charge >= 0.3 is 0 Å². The lowest BCUT2D eigenvalue weighted by Gasteiger charge is -2.25. The first-order valence-corrected chi connectivity index (χ1v) is 8.80. The molecule has 0 fully saturated rings. The third-order valence-corrected chi connectivity index (χ3v) is 5.03. The number of hydrogen-bond donors (Lipinski definition) is 1. The van der Waals surface area contributed by atoms with E-state index in [4.69, 9.17) is 4.42 Å². The molecule has 6 nitrogen and oxygen atoms in total. The van der Waals surface area contributed by atoms with E-state index in [1.54, 1.807) is 30.5 Å². The van der Waals surface area contributed by atoms with E-state index in [9.17, 15) is 14.7 Å². The van der Waals surface area contributed by atoms with Gasteiger partial charge < -0.3 is 14.4 Å². The topological polar surface area (TPSA) is 83.6 Å². The van der Waals surface area contributed by atoms with Crippen molar-refractivity contribution >= 4 is 23.0 Å². The summed E-state index contributed by atoms with van der Waals surface area (Å²) in [6, 6.07) is 11.4. The van der Waals surface area contributed by atoms with E-state index in [0.717, 1.165) is 4.88 Å². The van der Waals surface area contributed by atoms with Crippen LogP contribution < -0.4 is 0 Å². The van der Waals surface area contributed by atoms with Gasteiger partial charge in [0.15, 0.2) is 11.5 Å². The van der Waals surface area contributed by atoms with Crippen molar-refractivity contribution in [2.45, 2.75) is 12.6 Å². The highest BCUT2D eigenvalue weighted by atomic mass is 32.1. The Balaban J connectivity index is 1.80. The van der Waals surface area contributed by atoms with E-state index < -0.39 is 23.5 Å². The molecule has 0 saturated carbocycles. The molecule has 130 valence electrons. The molecule has 1 aliphatic heterocycles. The predicted molar refractivity (Wildman–Crippen MR) is 94.5 cm³/mol. The van der Waals surface area contributed by atoms with Crippen LogP contribution in [-0.2, 0) is 11.3 Å². The summed E-state index contributed by atoms with van der Waals surface area (Å²) in [5.74, 6) is -1.61. The number of rotatable bonds is 5. The molecule has 26 heavy (non-hydrogen) atoms. The molecule has 3 aromatic heterocycles. The second-order valence-electron chi connectivity index (χ2n) is 5.74. The lowest BCUT2D eigenvalue weighted by Crippen LogP contribution is -2.30. The maximum Gasteiger partial charge on any atom is 0.290 e. The Morgan fingerprint density at radius 2 is 2.12 bits per heavy atom. The first-order valence-electron chi connectivity index (χ1n) is 7.92. The summed E-state index contributed by atoms with van der Waals surface area (Å²) < 4.78 is 5.17. The third-order valence-electron chi connectivity index (χ3n) is 4.17. The van der Waals surface area contributed by atoms with Crippen molar-refractivity contribution in [3.63, 3.8) is 0 Å². The Kier molecular flexibility index (Phi) is 4.14. The van der Waals surface area contributed by atoms with Crippen molar-refractivity contribution in [3.8, 4) is 0 Å². The fourth-order valence-electron chi connectivity index (χ4n) is 3.00. The number of furan rings is 1. The zero-order valence-corrected chi connectivity index (χ0v) is 14.3. The molecular weight excluding hydrogens is 352 g/mol. The average molecular weight is 366 g/mol. The van der Waals surface area contributed by atoms with Crippen LogP contribution >= 0.6 is 11.3 Å². The van der Waals surface area contributed by atoms with Gasteiger partial charge in [0, 0.05) is 11.1 Å². The van der Waals surface area contributed by atoms with Gasteiger partial charge in [-0.1, -0.05) is 12.1 Å². The number of hydrogen-bond acceptors (Lipinski definition) is 6. The molecule has 4 heterocycles. The van der Waals surface area contributed by atoms with Crippen LogP contribution in [0.25, 0.3) is 0 Å². The molecule has 0 aromatic carbocycles. The standard InChI is InChI=1S/C19H14N2O4S/c22-17(14-7-3-9-25-14)15-16(13-6-1-2-8-20-13)21(19(24)18(15)23)11-12-5-4-10-26-12/h1-10,16,23H,11H2. The average Bonchev–Trinajstić information content (AvgIpc) is 3.40. The molecule has 0 saturated heterocycles. The number of thiophene rings is 1. The fraction of sp³-hybridized carbons (Fsp3) is 0.105. The number of aliphatic hydroxyl groups excluding tert-OH is 1. The zero-order chi connectivity index (χ0) is 18.1. The molecule has 1 unspecified atom stereocenters. The van der Waals surface area contributed by atoms with Gasteiger partial charge in [0.05, 0.1) is 24.1 Å². The lowest BCUT2D eigenvalue weighted by atomic mass is 9.98. The van der Waals surface area contributed by atoms with Gasteiger partial charge in [-0.3, -0.25) is 14.6 Å². The maximum absolute atomic E-state index is 12.9. The van der Waals surface area contributed by atoms with Crippen molar-refractivity contribution in [1.82, 2.24) is 9.88 Å². The first-order chi connectivity index (χ1) is 12.7. The van der Waals surface area contributed by atoms with Crippen molar-refractivity contribution in [3.05, 3.63) is 88.0 Å². The van der Waals surface area contributed by atoms with Gasteiger partial charge in [-0.25, -0.2) is 0 Å². The number of Topliss-reactive ketones (excluding diaryl/α,β-unsaturated/α-hetero) is 1. The SMILES string of the molecule is O=C(C1=C(O)C(=O)N(Cc2cccs2)C1c1ccccn1)c1ccco1. The highest BCUT2D eigenvalue weighted by Crippen LogP contribution is 2.39. The van der Waals surface area contributed by atoms with E-state index in [1.165, 1.54) is 28.6 Å². The molecule has 1 atom stereocenters. The minimum absolute atomic E-state index is 0.0137. The Hall–Kier alpha value is -3.19. The molecule has 0 bridgehead atoms. The summed E-state index contributed by atoms with van der Waals surface area (Å²) in [5, 5.41) is 12.4. The summed E-state index contributed by atoms with van der Waals surface area (Å²) in [7, 11) is 0. The fourth-order valence-corrected chi connectivity index (χ4v) is 3.71.